The minimum Gasteiger partial charge on any atom is -0.495 e. The van der Waals surface area contributed by atoms with Gasteiger partial charge in [0, 0.05) is 0 Å². The van der Waals surface area contributed by atoms with Gasteiger partial charge in [-0.3, -0.25) is 4.79 Å². The minimum atomic E-state index is -0.365. The molecule has 4 aromatic rings. The van der Waals surface area contributed by atoms with Crippen molar-refractivity contribution in [3.63, 3.8) is 0 Å². The zero-order valence-corrected chi connectivity index (χ0v) is 19.2. The van der Waals surface area contributed by atoms with Crippen LogP contribution in [0.25, 0.3) is 5.69 Å². The monoisotopic (exact) mass is 473 g/mol. The molecule has 1 aromatic heterocycles. The Morgan fingerprint density at radius 2 is 1.77 bits per heavy atom. The van der Waals surface area contributed by atoms with E-state index in [1.165, 1.54) is 30.5 Å². The third kappa shape index (κ3) is 5.83. The Bertz CT molecular complexity index is 1320. The Balaban J connectivity index is 1.52. The maximum absolute atomic E-state index is 13.4. The summed E-state index contributed by atoms with van der Waals surface area (Å²) in [7, 11) is 1.56. The lowest BCUT2D eigenvalue weighted by atomic mass is 10.2. The van der Waals surface area contributed by atoms with Gasteiger partial charge < -0.3 is 14.8 Å². The fraction of sp³-hybridized carbons (Fsp3) is 0.115. The number of amides is 1. The highest BCUT2D eigenvalue weighted by Crippen LogP contribution is 2.29. The number of rotatable bonds is 9. The second kappa shape index (κ2) is 11.0. The van der Waals surface area contributed by atoms with E-state index in [9.17, 15) is 9.18 Å². The lowest BCUT2D eigenvalue weighted by Gasteiger charge is -2.10. The van der Waals surface area contributed by atoms with E-state index >= 15 is 0 Å². The van der Waals surface area contributed by atoms with Gasteiger partial charge in [-0.2, -0.15) is 14.9 Å². The maximum Gasteiger partial charge on any atom is 0.259 e. The quantitative estimate of drug-likeness (QED) is 0.272. The molecular formula is C26H24FN5O3. The summed E-state index contributed by atoms with van der Waals surface area (Å²) in [4.78, 5) is 12.3. The molecule has 178 valence electrons. The second-order valence-corrected chi connectivity index (χ2v) is 7.45. The SMILES string of the molecule is COc1ccccc1NCC(=O)NN=Cc1c(C)nn(-c2ccccc2)c1Oc1ccc(F)cc1. The number of carbonyl (C=O) groups excluding carboxylic acids is 1. The summed E-state index contributed by atoms with van der Waals surface area (Å²) >= 11 is 0. The molecule has 1 heterocycles. The number of hydrazone groups is 1. The van der Waals surface area contributed by atoms with Gasteiger partial charge in [0.2, 0.25) is 5.88 Å². The number of hydrogen-bond donors (Lipinski definition) is 2. The summed E-state index contributed by atoms with van der Waals surface area (Å²) < 4.78 is 26.3. The first-order chi connectivity index (χ1) is 17.0. The van der Waals surface area contributed by atoms with Gasteiger partial charge >= 0.3 is 0 Å². The van der Waals surface area contributed by atoms with Crippen molar-refractivity contribution in [2.24, 2.45) is 5.10 Å². The van der Waals surface area contributed by atoms with Gasteiger partial charge in [0.05, 0.1) is 42.5 Å². The topological polar surface area (TPSA) is 89.8 Å². The van der Waals surface area contributed by atoms with Crippen LogP contribution in [0, 0.1) is 12.7 Å². The molecule has 0 saturated heterocycles. The first-order valence-electron chi connectivity index (χ1n) is 10.8. The average molecular weight is 474 g/mol. The number of carbonyl (C=O) groups is 1. The van der Waals surface area contributed by atoms with Crippen molar-refractivity contribution in [2.45, 2.75) is 6.92 Å². The van der Waals surface area contributed by atoms with Crippen molar-refractivity contribution in [3.8, 4) is 23.1 Å². The number of nitrogens with zero attached hydrogens (tertiary/aromatic N) is 3. The molecule has 8 nitrogen and oxygen atoms in total. The molecule has 1 amide bonds. The van der Waals surface area contributed by atoms with Crippen molar-refractivity contribution in [1.29, 1.82) is 0 Å². The Labute approximate surface area is 202 Å². The standard InChI is InChI=1S/C26H24FN5O3/c1-18-22(16-29-30-25(33)17-28-23-10-6-7-11-24(23)34-2)26(35-21-14-12-19(27)13-15-21)32(31-18)20-8-4-3-5-9-20/h3-16,28H,17H2,1-2H3,(H,30,33). The Kier molecular flexibility index (Phi) is 7.37. The average Bonchev–Trinajstić information content (AvgIpc) is 3.19. The number of para-hydroxylation sites is 3. The van der Waals surface area contributed by atoms with Gasteiger partial charge in [0.15, 0.2) is 0 Å². The van der Waals surface area contributed by atoms with Gasteiger partial charge in [0.1, 0.15) is 17.3 Å². The molecule has 9 heteroatoms. The molecule has 0 fully saturated rings. The van der Waals surface area contributed by atoms with E-state index in [1.807, 2.05) is 55.5 Å². The molecule has 4 rings (SSSR count). The molecule has 0 aliphatic rings. The van der Waals surface area contributed by atoms with Crippen LogP contribution in [0.4, 0.5) is 10.1 Å². The van der Waals surface area contributed by atoms with Crippen molar-refractivity contribution < 1.29 is 18.7 Å². The maximum atomic E-state index is 13.4. The normalized spacial score (nSPS) is 10.8. The molecule has 0 aliphatic carbocycles. The van der Waals surface area contributed by atoms with Crippen molar-refractivity contribution in [1.82, 2.24) is 15.2 Å². The number of anilines is 1. The predicted octanol–water partition coefficient (Wildman–Crippen LogP) is 4.68. The Morgan fingerprint density at radius 3 is 2.51 bits per heavy atom. The van der Waals surface area contributed by atoms with Crippen LogP contribution in [0.3, 0.4) is 0 Å². The lowest BCUT2D eigenvalue weighted by Crippen LogP contribution is -2.26. The van der Waals surface area contributed by atoms with Crippen LogP contribution >= 0.6 is 0 Å². The van der Waals surface area contributed by atoms with Gasteiger partial charge in [-0.1, -0.05) is 30.3 Å². The number of ether oxygens (including phenoxy) is 2. The molecule has 0 atom stereocenters. The van der Waals surface area contributed by atoms with Crippen molar-refractivity contribution in [3.05, 3.63) is 95.9 Å². The molecular weight excluding hydrogens is 449 g/mol. The number of aromatic nitrogens is 2. The van der Waals surface area contributed by atoms with E-state index in [1.54, 1.807) is 17.9 Å². The number of benzene rings is 3. The molecule has 3 aromatic carbocycles. The van der Waals surface area contributed by atoms with Crippen LogP contribution in [0.1, 0.15) is 11.3 Å². The second-order valence-electron chi connectivity index (χ2n) is 7.45. The molecule has 2 N–H and O–H groups in total. The first kappa shape index (κ1) is 23.5. The molecule has 0 unspecified atom stereocenters. The van der Waals surface area contributed by atoms with Crippen molar-refractivity contribution in [2.75, 3.05) is 19.0 Å². The smallest absolute Gasteiger partial charge is 0.259 e. The van der Waals surface area contributed by atoms with E-state index in [0.29, 0.717) is 34.3 Å². The van der Waals surface area contributed by atoms with Crippen LogP contribution in [-0.2, 0) is 4.79 Å². The number of halogens is 1. The lowest BCUT2D eigenvalue weighted by molar-refractivity contribution is -0.119. The van der Waals surface area contributed by atoms with Gasteiger partial charge in [-0.25, -0.2) is 9.82 Å². The van der Waals surface area contributed by atoms with Gasteiger partial charge in [0.25, 0.3) is 5.91 Å². The highest BCUT2D eigenvalue weighted by Gasteiger charge is 2.18. The number of methoxy groups -OCH3 is 1. The van der Waals surface area contributed by atoms with Crippen LogP contribution in [0.5, 0.6) is 17.4 Å². The molecule has 35 heavy (non-hydrogen) atoms. The highest BCUT2D eigenvalue weighted by molar-refractivity contribution is 5.87. The summed E-state index contributed by atoms with van der Waals surface area (Å²) in [6.45, 7) is 1.81. The van der Waals surface area contributed by atoms with E-state index < -0.39 is 0 Å². The third-order valence-electron chi connectivity index (χ3n) is 5.02. The van der Waals surface area contributed by atoms with Crippen LogP contribution < -0.4 is 20.2 Å². The molecule has 0 radical (unpaired) electrons. The van der Waals surface area contributed by atoms with E-state index in [0.717, 1.165) is 5.69 Å². The van der Waals surface area contributed by atoms with Crippen LogP contribution in [-0.4, -0.2) is 35.6 Å². The zero-order chi connectivity index (χ0) is 24.6. The number of hydrogen-bond acceptors (Lipinski definition) is 6. The summed E-state index contributed by atoms with van der Waals surface area (Å²) in [6, 6.07) is 22.4. The fourth-order valence-electron chi connectivity index (χ4n) is 3.30. The Hall–Kier alpha value is -4.66. The van der Waals surface area contributed by atoms with Crippen LogP contribution in [0.2, 0.25) is 0 Å². The largest absolute Gasteiger partial charge is 0.495 e. The highest BCUT2D eigenvalue weighted by atomic mass is 19.1. The number of aryl methyl sites for hydroxylation is 1. The summed E-state index contributed by atoms with van der Waals surface area (Å²) in [5.74, 6) is 0.738. The molecule has 0 aliphatic heterocycles. The summed E-state index contributed by atoms with van der Waals surface area (Å²) in [5, 5.41) is 11.7. The number of nitrogens with one attached hydrogen (secondary N) is 2. The van der Waals surface area contributed by atoms with Crippen LogP contribution in [0.15, 0.2) is 84.0 Å². The van der Waals surface area contributed by atoms with Crippen molar-refractivity contribution >= 4 is 17.8 Å². The first-order valence-corrected chi connectivity index (χ1v) is 10.8. The summed E-state index contributed by atoms with van der Waals surface area (Å²) in [5.41, 5.74) is 5.17. The van der Waals surface area contributed by atoms with Gasteiger partial charge in [-0.05, 0) is 55.5 Å². The Morgan fingerprint density at radius 1 is 1.06 bits per heavy atom. The molecule has 0 saturated carbocycles. The van der Waals surface area contributed by atoms with E-state index in [2.05, 4.69) is 20.9 Å². The molecule has 0 spiro atoms. The zero-order valence-electron chi connectivity index (χ0n) is 19.2. The minimum absolute atomic E-state index is 0.00108. The molecule has 0 bridgehead atoms. The fourth-order valence-corrected chi connectivity index (χ4v) is 3.30. The summed E-state index contributed by atoms with van der Waals surface area (Å²) in [6.07, 6.45) is 1.47. The van der Waals surface area contributed by atoms with E-state index in [-0.39, 0.29) is 18.3 Å². The third-order valence-corrected chi connectivity index (χ3v) is 5.02. The van der Waals surface area contributed by atoms with Gasteiger partial charge in [-0.15, -0.1) is 0 Å². The predicted molar refractivity (Wildman–Crippen MR) is 132 cm³/mol. The van der Waals surface area contributed by atoms with E-state index in [4.69, 9.17) is 9.47 Å².